The van der Waals surface area contributed by atoms with Crippen LogP contribution in [0.1, 0.15) is 24.2 Å². The molecule has 0 bridgehead atoms. The van der Waals surface area contributed by atoms with E-state index in [1.807, 2.05) is 13.1 Å². The number of piperidine rings is 1. The standard InChI is InChI=1S/C12H21N3O/c1-10-11(8-13-16-10)9-15-6-4-12(5-7-15)14(2)3/h8,12H,4-7,9H2,1-3H3. The molecule has 1 saturated heterocycles. The van der Waals surface area contributed by atoms with Crippen molar-refractivity contribution in [2.45, 2.75) is 32.4 Å². The Kier molecular flexibility index (Phi) is 3.61. The van der Waals surface area contributed by atoms with Gasteiger partial charge in [0.25, 0.3) is 0 Å². The molecule has 4 nitrogen and oxygen atoms in total. The Hall–Kier alpha value is -0.870. The van der Waals surface area contributed by atoms with E-state index in [-0.39, 0.29) is 0 Å². The van der Waals surface area contributed by atoms with Crippen molar-refractivity contribution in [1.82, 2.24) is 15.0 Å². The number of aromatic nitrogens is 1. The predicted molar refractivity (Wildman–Crippen MR) is 63.2 cm³/mol. The van der Waals surface area contributed by atoms with Crippen molar-refractivity contribution in [3.05, 3.63) is 17.5 Å². The van der Waals surface area contributed by atoms with E-state index in [2.05, 4.69) is 29.1 Å². The highest BCUT2D eigenvalue weighted by Gasteiger charge is 2.21. The molecular weight excluding hydrogens is 202 g/mol. The smallest absolute Gasteiger partial charge is 0.138 e. The molecule has 16 heavy (non-hydrogen) atoms. The summed E-state index contributed by atoms with van der Waals surface area (Å²) in [5.74, 6) is 0.953. The van der Waals surface area contributed by atoms with E-state index in [1.54, 1.807) is 0 Å². The SMILES string of the molecule is Cc1oncc1CN1CCC(N(C)C)CC1. The summed E-state index contributed by atoms with van der Waals surface area (Å²) in [5.41, 5.74) is 1.23. The Labute approximate surface area is 97.2 Å². The van der Waals surface area contributed by atoms with Crippen LogP contribution in [-0.2, 0) is 6.54 Å². The van der Waals surface area contributed by atoms with Gasteiger partial charge in [-0.15, -0.1) is 0 Å². The normalized spacial score (nSPS) is 19.5. The van der Waals surface area contributed by atoms with Crippen molar-refractivity contribution < 1.29 is 4.52 Å². The lowest BCUT2D eigenvalue weighted by Crippen LogP contribution is -2.41. The van der Waals surface area contributed by atoms with E-state index in [4.69, 9.17) is 4.52 Å². The molecule has 0 radical (unpaired) electrons. The minimum Gasteiger partial charge on any atom is -0.361 e. The number of nitrogens with zero attached hydrogens (tertiary/aromatic N) is 3. The minimum absolute atomic E-state index is 0.750. The van der Waals surface area contributed by atoms with E-state index in [1.165, 1.54) is 31.5 Å². The van der Waals surface area contributed by atoms with Crippen LogP contribution in [-0.4, -0.2) is 48.2 Å². The van der Waals surface area contributed by atoms with Gasteiger partial charge in [-0.05, 0) is 47.0 Å². The zero-order valence-corrected chi connectivity index (χ0v) is 10.4. The number of rotatable bonds is 3. The van der Waals surface area contributed by atoms with Crippen LogP contribution in [0.3, 0.4) is 0 Å². The van der Waals surface area contributed by atoms with Crippen LogP contribution in [0.25, 0.3) is 0 Å². The van der Waals surface area contributed by atoms with Crippen molar-refractivity contribution >= 4 is 0 Å². The Bertz CT molecular complexity index is 327. The van der Waals surface area contributed by atoms with Gasteiger partial charge in [-0.25, -0.2) is 0 Å². The third-order valence-electron chi connectivity index (χ3n) is 3.53. The van der Waals surface area contributed by atoms with E-state index in [0.717, 1.165) is 18.3 Å². The van der Waals surface area contributed by atoms with Gasteiger partial charge in [0.15, 0.2) is 0 Å². The minimum atomic E-state index is 0.750. The van der Waals surface area contributed by atoms with Gasteiger partial charge in [0, 0.05) is 18.2 Å². The van der Waals surface area contributed by atoms with Crippen molar-refractivity contribution in [1.29, 1.82) is 0 Å². The highest BCUT2D eigenvalue weighted by Crippen LogP contribution is 2.17. The molecule has 1 aromatic heterocycles. The average Bonchev–Trinajstić information content (AvgIpc) is 2.65. The maximum absolute atomic E-state index is 5.08. The van der Waals surface area contributed by atoms with Gasteiger partial charge in [-0.1, -0.05) is 5.16 Å². The lowest BCUT2D eigenvalue weighted by molar-refractivity contribution is 0.139. The van der Waals surface area contributed by atoms with Crippen molar-refractivity contribution in [2.75, 3.05) is 27.2 Å². The maximum atomic E-state index is 5.08. The summed E-state index contributed by atoms with van der Waals surface area (Å²) in [6.45, 7) is 5.31. The van der Waals surface area contributed by atoms with Gasteiger partial charge in [0.05, 0.1) is 6.20 Å². The summed E-state index contributed by atoms with van der Waals surface area (Å²) in [6.07, 6.45) is 4.36. The van der Waals surface area contributed by atoms with E-state index >= 15 is 0 Å². The summed E-state index contributed by atoms with van der Waals surface area (Å²) >= 11 is 0. The van der Waals surface area contributed by atoms with Gasteiger partial charge >= 0.3 is 0 Å². The third-order valence-corrected chi connectivity index (χ3v) is 3.53. The molecule has 1 fully saturated rings. The first-order valence-electron chi connectivity index (χ1n) is 5.95. The number of likely N-dealkylation sites (tertiary alicyclic amines) is 1. The number of hydrogen-bond acceptors (Lipinski definition) is 4. The molecule has 0 saturated carbocycles. The molecule has 0 N–H and O–H groups in total. The van der Waals surface area contributed by atoms with Gasteiger partial charge in [0.1, 0.15) is 5.76 Å². The molecule has 1 aromatic rings. The fourth-order valence-electron chi connectivity index (χ4n) is 2.31. The van der Waals surface area contributed by atoms with Crippen LogP contribution in [0, 0.1) is 6.92 Å². The number of aryl methyl sites for hydroxylation is 1. The molecule has 0 atom stereocenters. The molecule has 0 aliphatic carbocycles. The second kappa shape index (κ2) is 4.97. The molecule has 2 heterocycles. The Morgan fingerprint density at radius 1 is 1.44 bits per heavy atom. The summed E-state index contributed by atoms with van der Waals surface area (Å²) in [5, 5.41) is 3.82. The summed E-state index contributed by atoms with van der Waals surface area (Å²) in [7, 11) is 4.34. The second-order valence-electron chi connectivity index (χ2n) is 4.88. The van der Waals surface area contributed by atoms with Crippen LogP contribution in [0.2, 0.25) is 0 Å². The molecule has 1 aliphatic heterocycles. The highest BCUT2D eigenvalue weighted by atomic mass is 16.5. The zero-order chi connectivity index (χ0) is 11.5. The zero-order valence-electron chi connectivity index (χ0n) is 10.4. The van der Waals surface area contributed by atoms with E-state index < -0.39 is 0 Å². The van der Waals surface area contributed by atoms with Crippen molar-refractivity contribution in [2.24, 2.45) is 0 Å². The fraction of sp³-hybridized carbons (Fsp3) is 0.750. The maximum Gasteiger partial charge on any atom is 0.138 e. The lowest BCUT2D eigenvalue weighted by atomic mass is 10.0. The Morgan fingerprint density at radius 2 is 2.12 bits per heavy atom. The van der Waals surface area contributed by atoms with Gasteiger partial charge < -0.3 is 9.42 Å². The van der Waals surface area contributed by atoms with Crippen LogP contribution in [0.4, 0.5) is 0 Å². The highest BCUT2D eigenvalue weighted by molar-refractivity contribution is 5.11. The van der Waals surface area contributed by atoms with Gasteiger partial charge in [-0.2, -0.15) is 0 Å². The Morgan fingerprint density at radius 3 is 2.62 bits per heavy atom. The molecule has 0 aromatic carbocycles. The third kappa shape index (κ3) is 2.62. The predicted octanol–water partition coefficient (Wildman–Crippen LogP) is 1.51. The molecular formula is C12H21N3O. The van der Waals surface area contributed by atoms with Gasteiger partial charge in [0.2, 0.25) is 0 Å². The molecule has 0 spiro atoms. The lowest BCUT2D eigenvalue weighted by Gasteiger charge is -2.34. The van der Waals surface area contributed by atoms with E-state index in [0.29, 0.717) is 0 Å². The van der Waals surface area contributed by atoms with Crippen LogP contribution in [0.15, 0.2) is 10.7 Å². The van der Waals surface area contributed by atoms with Crippen molar-refractivity contribution in [3.63, 3.8) is 0 Å². The fourth-order valence-corrected chi connectivity index (χ4v) is 2.31. The molecule has 2 rings (SSSR count). The number of hydrogen-bond donors (Lipinski definition) is 0. The summed E-state index contributed by atoms with van der Waals surface area (Å²) in [6, 6.07) is 0.750. The van der Waals surface area contributed by atoms with Crippen LogP contribution >= 0.6 is 0 Å². The summed E-state index contributed by atoms with van der Waals surface area (Å²) in [4.78, 5) is 4.82. The molecule has 0 unspecified atom stereocenters. The average molecular weight is 223 g/mol. The topological polar surface area (TPSA) is 32.5 Å². The Balaban J connectivity index is 1.84. The van der Waals surface area contributed by atoms with Crippen LogP contribution in [0.5, 0.6) is 0 Å². The largest absolute Gasteiger partial charge is 0.361 e. The summed E-state index contributed by atoms with van der Waals surface area (Å²) < 4.78 is 5.08. The first-order valence-corrected chi connectivity index (χ1v) is 5.95. The van der Waals surface area contributed by atoms with Gasteiger partial charge in [-0.3, -0.25) is 4.90 Å². The quantitative estimate of drug-likeness (QED) is 0.777. The monoisotopic (exact) mass is 223 g/mol. The van der Waals surface area contributed by atoms with Crippen LogP contribution < -0.4 is 0 Å². The molecule has 0 amide bonds. The van der Waals surface area contributed by atoms with E-state index in [9.17, 15) is 0 Å². The molecule has 1 aliphatic rings. The first kappa shape index (κ1) is 11.6. The second-order valence-corrected chi connectivity index (χ2v) is 4.88. The first-order chi connectivity index (χ1) is 7.66. The molecule has 4 heteroatoms. The van der Waals surface area contributed by atoms with Crippen molar-refractivity contribution in [3.8, 4) is 0 Å². The molecule has 90 valence electrons.